The van der Waals surface area contributed by atoms with Crippen molar-refractivity contribution in [3.63, 3.8) is 0 Å². The number of halogens is 3. The molecule has 266 valence electrons. The zero-order chi connectivity index (χ0) is 35.1. The van der Waals surface area contributed by atoms with Crippen LogP contribution in [0.3, 0.4) is 0 Å². The molecular formula is C40H49F3O6. The molecule has 6 nitrogen and oxygen atoms in total. The molecule has 4 rings (SSSR count). The van der Waals surface area contributed by atoms with Crippen LogP contribution in [0.15, 0.2) is 72.8 Å². The molecule has 0 radical (unpaired) electrons. The Kier molecular flexibility index (Phi) is 14.6. The molecule has 9 heteroatoms. The molecule has 3 aromatic carbocycles. The molecule has 2 unspecified atom stereocenters. The van der Waals surface area contributed by atoms with E-state index in [0.717, 1.165) is 23.3 Å². The summed E-state index contributed by atoms with van der Waals surface area (Å²) in [7, 11) is 0. The topological polar surface area (TPSA) is 71.1 Å². The van der Waals surface area contributed by atoms with Gasteiger partial charge in [-0.1, -0.05) is 89.0 Å². The Labute approximate surface area is 288 Å². The van der Waals surface area contributed by atoms with E-state index in [1.807, 2.05) is 36.4 Å². The van der Waals surface area contributed by atoms with Crippen molar-refractivity contribution in [1.82, 2.24) is 0 Å². The molecule has 1 saturated carbocycles. The molecule has 0 aromatic heterocycles. The molecule has 0 N–H and O–H groups in total. The minimum Gasteiger partial charge on any atom is -0.494 e. The monoisotopic (exact) mass is 682 g/mol. The highest BCUT2D eigenvalue weighted by Gasteiger charge is 2.64. The zero-order valence-corrected chi connectivity index (χ0v) is 28.7. The van der Waals surface area contributed by atoms with Gasteiger partial charge in [-0.2, -0.15) is 13.2 Å². The number of benzene rings is 3. The Morgan fingerprint density at radius 2 is 1.22 bits per heavy atom. The molecular weight excluding hydrogens is 633 g/mol. The average Bonchev–Trinajstić information content (AvgIpc) is 3.10. The second kappa shape index (κ2) is 18.8. The van der Waals surface area contributed by atoms with Crippen LogP contribution in [-0.2, 0) is 9.47 Å². The first-order chi connectivity index (χ1) is 23.7. The van der Waals surface area contributed by atoms with Crippen LogP contribution in [0.25, 0.3) is 11.1 Å². The summed E-state index contributed by atoms with van der Waals surface area (Å²) in [6.07, 6.45) is 5.99. The van der Waals surface area contributed by atoms with Gasteiger partial charge in [0.15, 0.2) is 0 Å². The van der Waals surface area contributed by atoms with Crippen molar-refractivity contribution in [2.75, 3.05) is 13.2 Å². The summed E-state index contributed by atoms with van der Waals surface area (Å²) < 4.78 is 64.7. The van der Waals surface area contributed by atoms with E-state index in [0.29, 0.717) is 18.6 Å². The first-order valence-corrected chi connectivity index (χ1v) is 17.7. The lowest BCUT2D eigenvalue weighted by Crippen LogP contribution is -2.59. The van der Waals surface area contributed by atoms with E-state index >= 15 is 0 Å². The van der Waals surface area contributed by atoms with Crippen LogP contribution < -0.4 is 9.47 Å². The fourth-order valence-corrected chi connectivity index (χ4v) is 6.22. The van der Waals surface area contributed by atoms with Crippen LogP contribution in [-0.4, -0.2) is 43.0 Å². The lowest BCUT2D eigenvalue weighted by molar-refractivity contribution is -0.303. The van der Waals surface area contributed by atoms with Crippen molar-refractivity contribution >= 4 is 11.9 Å². The van der Waals surface area contributed by atoms with Gasteiger partial charge in [0.25, 0.3) is 0 Å². The highest BCUT2D eigenvalue weighted by molar-refractivity contribution is 5.92. The molecule has 1 aliphatic carbocycles. The lowest BCUT2D eigenvalue weighted by atomic mass is 9.81. The number of alkyl halides is 3. The summed E-state index contributed by atoms with van der Waals surface area (Å²) >= 11 is 0. The Morgan fingerprint density at radius 3 is 1.82 bits per heavy atom. The lowest BCUT2D eigenvalue weighted by Gasteiger charge is -2.43. The number of carbonyl (C=O) groups excluding carboxylic acids is 2. The highest BCUT2D eigenvalue weighted by Crippen LogP contribution is 2.46. The Hall–Kier alpha value is -3.85. The van der Waals surface area contributed by atoms with Crippen LogP contribution in [0.5, 0.6) is 11.5 Å². The normalized spacial score (nSPS) is 17.8. The molecule has 0 bridgehead atoms. The maximum absolute atomic E-state index is 14.2. The van der Waals surface area contributed by atoms with Crippen molar-refractivity contribution < 1.29 is 41.7 Å². The van der Waals surface area contributed by atoms with Crippen LogP contribution in [0, 0.1) is 0 Å². The molecule has 1 aliphatic rings. The summed E-state index contributed by atoms with van der Waals surface area (Å²) in [5.41, 5.74) is -0.581. The third-order valence-corrected chi connectivity index (χ3v) is 9.03. The standard InChI is InChI=1S/C40H49F3O6/c1-3-5-6-7-8-9-10-11-14-29-47-34-24-20-31(21-25-34)30-16-18-32(19-17-30)37(44)48-35-26-22-33(23-27-35)38(45)49-39(40(41,42)43)28-13-12-15-36(39)46-4-2/h16-27,36H,3-15,28-29H2,1-2H3. The second-order valence-corrected chi connectivity index (χ2v) is 12.7. The molecule has 1 fully saturated rings. The summed E-state index contributed by atoms with van der Waals surface area (Å²) in [5, 5.41) is 0. The fraction of sp³-hybridized carbons (Fsp3) is 0.500. The zero-order valence-electron chi connectivity index (χ0n) is 28.7. The molecule has 0 heterocycles. The number of carbonyl (C=O) groups is 2. The number of hydrogen-bond acceptors (Lipinski definition) is 6. The summed E-state index contributed by atoms with van der Waals surface area (Å²) in [6, 6.07) is 20.1. The van der Waals surface area contributed by atoms with Gasteiger partial charge in [0.1, 0.15) is 17.6 Å². The summed E-state index contributed by atoms with van der Waals surface area (Å²) in [6.45, 7) is 4.63. The van der Waals surface area contributed by atoms with E-state index in [-0.39, 0.29) is 37.2 Å². The Bertz CT molecular complexity index is 1430. The van der Waals surface area contributed by atoms with Gasteiger partial charge in [-0.25, -0.2) is 9.59 Å². The van der Waals surface area contributed by atoms with E-state index in [9.17, 15) is 22.8 Å². The summed E-state index contributed by atoms with van der Waals surface area (Å²) in [4.78, 5) is 25.7. The fourth-order valence-electron chi connectivity index (χ4n) is 6.22. The minimum atomic E-state index is -4.79. The predicted molar refractivity (Wildman–Crippen MR) is 184 cm³/mol. The summed E-state index contributed by atoms with van der Waals surface area (Å²) in [5.74, 6) is -0.763. The number of hydrogen-bond donors (Lipinski definition) is 0. The maximum atomic E-state index is 14.2. The number of rotatable bonds is 18. The van der Waals surface area contributed by atoms with Gasteiger partial charge < -0.3 is 18.9 Å². The smallest absolute Gasteiger partial charge is 0.430 e. The number of esters is 2. The molecule has 0 spiro atoms. The third-order valence-electron chi connectivity index (χ3n) is 9.03. The van der Waals surface area contributed by atoms with Gasteiger partial charge >= 0.3 is 18.1 Å². The van der Waals surface area contributed by atoms with Gasteiger partial charge in [0, 0.05) is 6.61 Å². The van der Waals surface area contributed by atoms with Crippen molar-refractivity contribution in [3.8, 4) is 22.6 Å². The van der Waals surface area contributed by atoms with E-state index in [2.05, 4.69) is 6.92 Å². The van der Waals surface area contributed by atoms with Gasteiger partial charge in [0.05, 0.1) is 17.7 Å². The van der Waals surface area contributed by atoms with Crippen LogP contribution in [0.4, 0.5) is 13.2 Å². The predicted octanol–water partition coefficient (Wildman–Crippen LogP) is 10.9. The van der Waals surface area contributed by atoms with Crippen LogP contribution >= 0.6 is 0 Å². The van der Waals surface area contributed by atoms with E-state index < -0.39 is 29.8 Å². The van der Waals surface area contributed by atoms with Crippen molar-refractivity contribution in [2.45, 2.75) is 115 Å². The van der Waals surface area contributed by atoms with Crippen molar-refractivity contribution in [2.24, 2.45) is 0 Å². The second-order valence-electron chi connectivity index (χ2n) is 12.7. The highest BCUT2D eigenvalue weighted by atomic mass is 19.4. The first kappa shape index (κ1) is 38.0. The first-order valence-electron chi connectivity index (χ1n) is 17.7. The van der Waals surface area contributed by atoms with Crippen molar-refractivity contribution in [3.05, 3.63) is 83.9 Å². The third kappa shape index (κ3) is 10.8. The van der Waals surface area contributed by atoms with Gasteiger partial charge in [-0.15, -0.1) is 0 Å². The Balaban J connectivity index is 1.25. The van der Waals surface area contributed by atoms with E-state index in [1.165, 1.54) is 75.6 Å². The van der Waals surface area contributed by atoms with Crippen molar-refractivity contribution in [1.29, 1.82) is 0 Å². The molecule has 0 saturated heterocycles. The van der Waals surface area contributed by atoms with Gasteiger partial charge in [-0.3, -0.25) is 0 Å². The van der Waals surface area contributed by atoms with Crippen LogP contribution in [0.2, 0.25) is 0 Å². The van der Waals surface area contributed by atoms with Crippen LogP contribution in [0.1, 0.15) is 118 Å². The molecule has 2 atom stereocenters. The van der Waals surface area contributed by atoms with E-state index in [4.69, 9.17) is 18.9 Å². The Morgan fingerprint density at radius 1 is 0.694 bits per heavy atom. The van der Waals surface area contributed by atoms with E-state index in [1.54, 1.807) is 19.1 Å². The SMILES string of the molecule is CCCCCCCCCCCOc1ccc(-c2ccc(C(=O)Oc3ccc(C(=O)OC4(C(F)(F)F)CCCCC4OCC)cc3)cc2)cc1. The number of unbranched alkanes of at least 4 members (excludes halogenated alkanes) is 8. The molecule has 3 aromatic rings. The largest absolute Gasteiger partial charge is 0.494 e. The van der Waals surface area contributed by atoms with Gasteiger partial charge in [0.2, 0.25) is 5.60 Å². The molecule has 49 heavy (non-hydrogen) atoms. The number of ether oxygens (including phenoxy) is 4. The minimum absolute atomic E-state index is 0.0743. The maximum Gasteiger partial charge on any atom is 0.430 e. The quantitative estimate of drug-likeness (QED) is 0.0755. The average molecular weight is 683 g/mol. The molecule has 0 amide bonds. The van der Waals surface area contributed by atoms with Gasteiger partial charge in [-0.05, 0) is 92.3 Å². The molecule has 0 aliphatic heterocycles.